The first-order valence-corrected chi connectivity index (χ1v) is 12.9. The predicted octanol–water partition coefficient (Wildman–Crippen LogP) is 3.75. The van der Waals surface area contributed by atoms with Crippen LogP contribution in [-0.2, 0) is 11.8 Å². The largest absolute Gasteiger partial charge is 0.394 e. The summed E-state index contributed by atoms with van der Waals surface area (Å²) in [6, 6.07) is 10.1. The third-order valence-electron chi connectivity index (χ3n) is 7.44. The van der Waals surface area contributed by atoms with Gasteiger partial charge in [-0.3, -0.25) is 14.3 Å². The second kappa shape index (κ2) is 10.5. The molecule has 4 aromatic rings. The molecule has 1 aliphatic heterocycles. The molecule has 1 atom stereocenters. The van der Waals surface area contributed by atoms with E-state index in [2.05, 4.69) is 48.1 Å². The number of aromatic nitrogens is 6. The zero-order chi connectivity index (χ0) is 25.2. The van der Waals surface area contributed by atoms with Gasteiger partial charge in [0.1, 0.15) is 0 Å². The molecule has 6 rings (SSSR count). The fourth-order valence-corrected chi connectivity index (χ4v) is 5.35. The van der Waals surface area contributed by atoms with Gasteiger partial charge in [-0.05, 0) is 37.3 Å². The maximum absolute atomic E-state index is 9.44. The Kier molecular flexibility index (Phi) is 6.82. The normalized spacial score (nSPS) is 19.9. The van der Waals surface area contributed by atoms with Crippen LogP contribution in [0.2, 0.25) is 0 Å². The number of ether oxygens (including phenoxy) is 1. The number of hydrogen-bond donors (Lipinski definition) is 1. The molecule has 191 valence electrons. The maximum atomic E-state index is 9.44. The van der Waals surface area contributed by atoms with Crippen molar-refractivity contribution < 1.29 is 9.84 Å². The summed E-state index contributed by atoms with van der Waals surface area (Å²) < 4.78 is 9.51. The van der Waals surface area contributed by atoms with Gasteiger partial charge in [-0.2, -0.15) is 10.2 Å². The van der Waals surface area contributed by atoms with Crippen molar-refractivity contribution in [3.8, 4) is 33.6 Å². The van der Waals surface area contributed by atoms with Crippen LogP contribution in [0.25, 0.3) is 33.6 Å². The van der Waals surface area contributed by atoms with Gasteiger partial charge in [0.05, 0.1) is 37.8 Å². The summed E-state index contributed by atoms with van der Waals surface area (Å²) in [7, 11) is 1.92. The van der Waals surface area contributed by atoms with Crippen LogP contribution in [0.3, 0.4) is 0 Å². The summed E-state index contributed by atoms with van der Waals surface area (Å²) >= 11 is 0. The Morgan fingerprint density at radius 1 is 0.919 bits per heavy atom. The standard InChI is InChI=1S/C28H32N7O2/c1-33-16-23(14-31-33)20-3-2-4-21(11-20)28-29-12-22(13-30-28)24-15-32-35(17-24)26-7-5-25(6-8-26)34-9-10-37-27(18-34)19-36/h2-4,11-17,26-27,36H,5-10,18-19H2,1H3/t27-/m1/s1. The lowest BCUT2D eigenvalue weighted by Crippen LogP contribution is -2.46. The summed E-state index contributed by atoms with van der Waals surface area (Å²) in [6.45, 7) is 2.50. The number of aryl methyl sites for hydroxylation is 1. The van der Waals surface area contributed by atoms with Gasteiger partial charge in [0.2, 0.25) is 0 Å². The van der Waals surface area contributed by atoms with Crippen LogP contribution in [0.4, 0.5) is 0 Å². The minimum absolute atomic E-state index is 0.0636. The average molecular weight is 499 g/mol. The molecule has 0 spiro atoms. The Balaban J connectivity index is 1.10. The SMILES string of the molecule is Cn1cc(-c2cccc(-c3ncc(-c4cnn(C5CC[C](N6CCO[C@@H](CO)C6)CC5)c4)cn3)c2)cn1. The van der Waals surface area contributed by atoms with E-state index >= 15 is 0 Å². The van der Waals surface area contributed by atoms with Gasteiger partial charge in [-0.25, -0.2) is 9.97 Å². The van der Waals surface area contributed by atoms with Crippen LogP contribution in [0.15, 0.2) is 61.4 Å². The van der Waals surface area contributed by atoms with Crippen molar-refractivity contribution in [2.75, 3.05) is 26.3 Å². The van der Waals surface area contributed by atoms with E-state index in [1.165, 1.54) is 6.04 Å². The zero-order valence-electron chi connectivity index (χ0n) is 21.1. The molecule has 1 saturated heterocycles. The molecule has 2 fully saturated rings. The van der Waals surface area contributed by atoms with E-state index in [4.69, 9.17) is 4.74 Å². The first-order valence-electron chi connectivity index (χ1n) is 12.9. The van der Waals surface area contributed by atoms with Crippen LogP contribution in [0.5, 0.6) is 0 Å². The summed E-state index contributed by atoms with van der Waals surface area (Å²) in [5, 5.41) is 18.4. The zero-order valence-corrected chi connectivity index (χ0v) is 21.1. The molecule has 1 aliphatic carbocycles. The average Bonchev–Trinajstić information content (AvgIpc) is 3.63. The number of morpholine rings is 1. The highest BCUT2D eigenvalue weighted by atomic mass is 16.5. The molecule has 3 aromatic heterocycles. The van der Waals surface area contributed by atoms with E-state index in [1.807, 2.05) is 50.2 Å². The molecule has 9 nitrogen and oxygen atoms in total. The van der Waals surface area contributed by atoms with Crippen LogP contribution >= 0.6 is 0 Å². The molecule has 1 N–H and O–H groups in total. The van der Waals surface area contributed by atoms with Crippen molar-refractivity contribution in [1.29, 1.82) is 0 Å². The molecule has 1 radical (unpaired) electrons. The van der Waals surface area contributed by atoms with Gasteiger partial charge in [0.15, 0.2) is 5.82 Å². The van der Waals surface area contributed by atoms with Gasteiger partial charge in [0, 0.05) is 73.2 Å². The van der Waals surface area contributed by atoms with Gasteiger partial charge in [-0.15, -0.1) is 0 Å². The van der Waals surface area contributed by atoms with Crippen molar-refractivity contribution in [1.82, 2.24) is 34.4 Å². The van der Waals surface area contributed by atoms with E-state index in [9.17, 15) is 5.11 Å². The Labute approximate surface area is 216 Å². The van der Waals surface area contributed by atoms with Crippen molar-refractivity contribution in [2.45, 2.75) is 37.8 Å². The number of benzene rings is 1. The van der Waals surface area contributed by atoms with E-state index < -0.39 is 0 Å². The first-order chi connectivity index (χ1) is 18.2. The minimum Gasteiger partial charge on any atom is -0.394 e. The minimum atomic E-state index is -0.0636. The molecule has 4 heterocycles. The number of hydrogen-bond acceptors (Lipinski definition) is 7. The van der Waals surface area contributed by atoms with E-state index in [1.54, 1.807) is 4.68 Å². The molecule has 9 heteroatoms. The predicted molar refractivity (Wildman–Crippen MR) is 140 cm³/mol. The third-order valence-corrected chi connectivity index (χ3v) is 7.44. The second-order valence-corrected chi connectivity index (χ2v) is 9.91. The molecule has 0 unspecified atom stereocenters. The molecule has 37 heavy (non-hydrogen) atoms. The Morgan fingerprint density at radius 3 is 2.43 bits per heavy atom. The van der Waals surface area contributed by atoms with Crippen LogP contribution in [0, 0.1) is 6.04 Å². The molecule has 1 saturated carbocycles. The Morgan fingerprint density at radius 2 is 1.68 bits per heavy atom. The van der Waals surface area contributed by atoms with E-state index in [-0.39, 0.29) is 12.7 Å². The van der Waals surface area contributed by atoms with Crippen molar-refractivity contribution in [2.24, 2.45) is 7.05 Å². The number of aliphatic hydroxyl groups excluding tert-OH is 1. The van der Waals surface area contributed by atoms with Crippen molar-refractivity contribution >= 4 is 0 Å². The van der Waals surface area contributed by atoms with Gasteiger partial charge >= 0.3 is 0 Å². The monoisotopic (exact) mass is 498 g/mol. The lowest BCUT2D eigenvalue weighted by Gasteiger charge is -2.40. The number of aliphatic hydroxyl groups is 1. The van der Waals surface area contributed by atoms with Crippen LogP contribution in [-0.4, -0.2) is 71.9 Å². The smallest absolute Gasteiger partial charge is 0.159 e. The number of nitrogens with zero attached hydrogens (tertiary/aromatic N) is 7. The Hall–Kier alpha value is -3.40. The van der Waals surface area contributed by atoms with Gasteiger partial charge < -0.3 is 9.84 Å². The topological polar surface area (TPSA) is 94.1 Å². The Bertz CT molecular complexity index is 1320. The molecule has 0 bridgehead atoms. The van der Waals surface area contributed by atoms with Crippen molar-refractivity contribution in [3.05, 3.63) is 67.5 Å². The number of rotatable bonds is 6. The molecule has 0 amide bonds. The highest BCUT2D eigenvalue weighted by Crippen LogP contribution is 2.36. The fourth-order valence-electron chi connectivity index (χ4n) is 5.35. The third kappa shape index (κ3) is 5.20. The molecule has 1 aromatic carbocycles. The highest BCUT2D eigenvalue weighted by molar-refractivity contribution is 5.70. The molecular weight excluding hydrogens is 466 g/mol. The van der Waals surface area contributed by atoms with Gasteiger partial charge in [-0.1, -0.05) is 18.2 Å². The van der Waals surface area contributed by atoms with E-state index in [0.717, 1.165) is 66.6 Å². The lowest BCUT2D eigenvalue weighted by atomic mass is 9.90. The summed E-state index contributed by atoms with van der Waals surface area (Å²) in [4.78, 5) is 11.7. The summed E-state index contributed by atoms with van der Waals surface area (Å²) in [6.07, 6.45) is 15.9. The fraction of sp³-hybridized carbons (Fsp3) is 0.393. The lowest BCUT2D eigenvalue weighted by molar-refractivity contribution is -0.0542. The quantitative estimate of drug-likeness (QED) is 0.433. The maximum Gasteiger partial charge on any atom is 0.159 e. The molecule has 2 aliphatic rings. The van der Waals surface area contributed by atoms with Crippen LogP contribution in [0.1, 0.15) is 31.7 Å². The van der Waals surface area contributed by atoms with Crippen molar-refractivity contribution in [3.63, 3.8) is 0 Å². The second-order valence-electron chi connectivity index (χ2n) is 9.91. The van der Waals surface area contributed by atoms with Gasteiger partial charge in [0.25, 0.3) is 0 Å². The summed E-state index contributed by atoms with van der Waals surface area (Å²) in [5.41, 5.74) is 5.13. The molecular formula is C28H32N7O2. The van der Waals surface area contributed by atoms with E-state index in [0.29, 0.717) is 18.5 Å². The van der Waals surface area contributed by atoms with Crippen LogP contribution < -0.4 is 0 Å². The summed E-state index contributed by atoms with van der Waals surface area (Å²) in [5.74, 6) is 0.698. The first kappa shape index (κ1) is 24.0. The highest BCUT2D eigenvalue weighted by Gasteiger charge is 2.31.